The van der Waals surface area contributed by atoms with Crippen molar-refractivity contribution in [1.82, 2.24) is 9.71 Å². The number of hydrogen-bond donors (Lipinski definition) is 1. The van der Waals surface area contributed by atoms with Crippen LogP contribution in [0.1, 0.15) is 10.4 Å². The zero-order chi connectivity index (χ0) is 22.9. The third-order valence-corrected chi connectivity index (χ3v) is 4.88. The molecule has 3 aromatic rings. The molecule has 5 nitrogen and oxygen atoms in total. The zero-order valence-corrected chi connectivity index (χ0v) is 17.6. The van der Waals surface area contributed by atoms with Crippen LogP contribution in [0, 0.1) is 23.3 Å². The molecule has 3 rings (SSSR count). The molecule has 0 aliphatic carbocycles. The molecule has 1 heterocycles. The minimum atomic E-state index is -1.70. The summed E-state index contributed by atoms with van der Waals surface area (Å²) in [6.07, 6.45) is 2.35. The number of hydrogen-bond acceptors (Lipinski definition) is 4. The van der Waals surface area contributed by atoms with Crippen molar-refractivity contribution in [3.8, 4) is 22.8 Å². The highest BCUT2D eigenvalue weighted by Crippen LogP contribution is 2.36. The van der Waals surface area contributed by atoms with Crippen LogP contribution in [0.2, 0.25) is 10.0 Å². The lowest BCUT2D eigenvalue weighted by atomic mass is 10.0. The highest BCUT2D eigenvalue weighted by atomic mass is 35.5. The second-order valence-electron chi connectivity index (χ2n) is 6.01. The lowest BCUT2D eigenvalue weighted by Crippen LogP contribution is -2.25. The van der Waals surface area contributed by atoms with Crippen molar-refractivity contribution in [2.75, 3.05) is 6.26 Å². The topological polar surface area (TPSA) is 68.3 Å². The summed E-state index contributed by atoms with van der Waals surface area (Å²) in [5.41, 5.74) is -0.109. The molecule has 1 aromatic heterocycles. The summed E-state index contributed by atoms with van der Waals surface area (Å²) in [6, 6.07) is 4.20. The van der Waals surface area contributed by atoms with Crippen molar-refractivity contribution >= 4 is 40.1 Å². The summed E-state index contributed by atoms with van der Waals surface area (Å²) in [4.78, 5) is 15.7. The number of amides is 1. The van der Waals surface area contributed by atoms with Crippen LogP contribution in [0.15, 0.2) is 36.5 Å². The van der Waals surface area contributed by atoms with Crippen LogP contribution >= 0.6 is 23.2 Å². The van der Waals surface area contributed by atoms with Gasteiger partial charge in [-0.1, -0.05) is 23.2 Å². The van der Waals surface area contributed by atoms with Crippen molar-refractivity contribution < 1.29 is 31.3 Å². The first-order valence-corrected chi connectivity index (χ1v) is 10.5. The Balaban J connectivity index is 1.94. The van der Waals surface area contributed by atoms with E-state index >= 15 is 0 Å². The quantitative estimate of drug-likeness (QED) is 0.381. The maximum absolute atomic E-state index is 14.4. The predicted octanol–water partition coefficient (Wildman–Crippen LogP) is 5.43. The van der Waals surface area contributed by atoms with E-state index < -0.39 is 51.5 Å². The lowest BCUT2D eigenvalue weighted by molar-refractivity contribution is 0.0979. The van der Waals surface area contributed by atoms with Gasteiger partial charge in [-0.15, -0.1) is 0 Å². The molecule has 0 radical (unpaired) electrons. The molecular weight excluding hydrogens is 483 g/mol. The van der Waals surface area contributed by atoms with E-state index in [0.29, 0.717) is 12.1 Å². The molecule has 12 heteroatoms. The maximum atomic E-state index is 14.4. The minimum Gasteiger partial charge on any atom is -0.434 e. The van der Waals surface area contributed by atoms with E-state index in [2.05, 4.69) is 4.98 Å². The molecule has 1 amide bonds. The van der Waals surface area contributed by atoms with Crippen LogP contribution < -0.4 is 9.46 Å². The highest BCUT2D eigenvalue weighted by Gasteiger charge is 2.19. The summed E-state index contributed by atoms with van der Waals surface area (Å²) in [5, 5.41) is -0.237. The van der Waals surface area contributed by atoms with Crippen LogP contribution in [0.4, 0.5) is 17.6 Å². The molecule has 0 aliphatic heterocycles. The monoisotopic (exact) mass is 492 g/mol. The number of nitrogens with one attached hydrogen (secondary N) is 1. The first-order valence-electron chi connectivity index (χ1n) is 8.18. The van der Waals surface area contributed by atoms with Gasteiger partial charge in [-0.3, -0.25) is 9.52 Å². The van der Waals surface area contributed by atoms with Gasteiger partial charge in [0.05, 0.1) is 5.56 Å². The van der Waals surface area contributed by atoms with Crippen molar-refractivity contribution in [2.24, 2.45) is 0 Å². The Morgan fingerprint density at radius 3 is 2.39 bits per heavy atom. The first-order chi connectivity index (χ1) is 14.6. The number of benzene rings is 2. The molecule has 0 saturated heterocycles. The van der Waals surface area contributed by atoms with Gasteiger partial charge < -0.3 is 4.74 Å². The standard InChI is InChI=1S/C19H10Cl2F4N2O3S/c1-31(29)27-18(28)11-5-12(20)10(6-14(11)23)8-2-13(21)19(26-7-8)30-16-4-9(22)3-15(24)17(16)25/h2-7H,1H3,(H,27,28). The van der Waals surface area contributed by atoms with E-state index in [9.17, 15) is 26.6 Å². The second kappa shape index (κ2) is 9.21. The fraction of sp³-hybridized carbons (Fsp3) is 0.0526. The maximum Gasteiger partial charge on any atom is 0.265 e. The molecule has 0 bridgehead atoms. The van der Waals surface area contributed by atoms with Crippen LogP contribution in [-0.4, -0.2) is 21.4 Å². The molecule has 1 unspecified atom stereocenters. The predicted molar refractivity (Wildman–Crippen MR) is 108 cm³/mol. The Labute approximate surface area is 185 Å². The summed E-state index contributed by atoms with van der Waals surface area (Å²) in [5.74, 6) is -6.97. The normalized spacial score (nSPS) is 11.8. The molecule has 162 valence electrons. The number of pyridine rings is 1. The minimum absolute atomic E-state index is 0.0433. The third-order valence-electron chi connectivity index (χ3n) is 3.82. The van der Waals surface area contributed by atoms with Crippen LogP contribution in [-0.2, 0) is 11.0 Å². The van der Waals surface area contributed by atoms with Gasteiger partial charge in [0.1, 0.15) is 27.6 Å². The number of nitrogens with zero attached hydrogens (tertiary/aromatic N) is 1. The number of carbonyl (C=O) groups excluding carboxylic acids is 1. The number of halogens is 6. The first kappa shape index (κ1) is 23.0. The zero-order valence-electron chi connectivity index (χ0n) is 15.3. The molecule has 0 spiro atoms. The SMILES string of the molecule is CS(=O)NC(=O)c1cc(Cl)c(-c2cnc(Oc3cc(F)cc(F)c3F)c(Cl)c2)cc1F. The van der Waals surface area contributed by atoms with Gasteiger partial charge in [0.25, 0.3) is 5.91 Å². The molecule has 1 atom stereocenters. The average molecular weight is 493 g/mol. The summed E-state index contributed by atoms with van der Waals surface area (Å²) in [6.45, 7) is 0. The van der Waals surface area contributed by atoms with Crippen LogP contribution in [0.3, 0.4) is 0 Å². The summed E-state index contributed by atoms with van der Waals surface area (Å²) < 4.78 is 73.0. The van der Waals surface area contributed by atoms with Crippen LogP contribution in [0.5, 0.6) is 11.6 Å². The van der Waals surface area contributed by atoms with E-state index in [-0.39, 0.29) is 27.1 Å². The van der Waals surface area contributed by atoms with Crippen molar-refractivity contribution in [1.29, 1.82) is 0 Å². The van der Waals surface area contributed by atoms with Crippen molar-refractivity contribution in [3.63, 3.8) is 0 Å². The Morgan fingerprint density at radius 2 is 1.74 bits per heavy atom. The van der Waals surface area contributed by atoms with Gasteiger partial charge in [0.2, 0.25) is 11.7 Å². The number of carbonyl (C=O) groups is 1. The fourth-order valence-electron chi connectivity index (χ4n) is 2.49. The third kappa shape index (κ3) is 5.15. The molecule has 31 heavy (non-hydrogen) atoms. The van der Waals surface area contributed by atoms with E-state index in [0.717, 1.165) is 18.3 Å². The molecule has 0 saturated carbocycles. The van der Waals surface area contributed by atoms with E-state index in [4.69, 9.17) is 27.9 Å². The van der Waals surface area contributed by atoms with Crippen molar-refractivity contribution in [3.05, 3.63) is 75.4 Å². The summed E-state index contributed by atoms with van der Waals surface area (Å²) in [7, 11) is -1.70. The smallest absolute Gasteiger partial charge is 0.265 e. The van der Waals surface area contributed by atoms with Gasteiger partial charge in [-0.25, -0.2) is 22.4 Å². The van der Waals surface area contributed by atoms with Crippen molar-refractivity contribution in [2.45, 2.75) is 0 Å². The van der Waals surface area contributed by atoms with Gasteiger partial charge in [-0.05, 0) is 18.2 Å². The number of ether oxygens (including phenoxy) is 1. The van der Waals surface area contributed by atoms with Crippen LogP contribution in [0.25, 0.3) is 11.1 Å². The highest BCUT2D eigenvalue weighted by molar-refractivity contribution is 7.82. The fourth-order valence-corrected chi connectivity index (χ4v) is 3.33. The molecule has 2 aromatic carbocycles. The van der Waals surface area contributed by atoms with Gasteiger partial charge >= 0.3 is 0 Å². The Hall–Kier alpha value is -2.69. The average Bonchev–Trinajstić information content (AvgIpc) is 2.68. The van der Waals surface area contributed by atoms with E-state index in [1.54, 1.807) is 0 Å². The molecule has 1 N–H and O–H groups in total. The number of aromatic nitrogens is 1. The number of rotatable bonds is 5. The van der Waals surface area contributed by atoms with E-state index in [1.807, 2.05) is 4.72 Å². The Morgan fingerprint density at radius 1 is 1.03 bits per heavy atom. The Bertz CT molecular complexity index is 1230. The second-order valence-corrected chi connectivity index (χ2v) is 7.94. The molecule has 0 aliphatic rings. The Kier molecular flexibility index (Phi) is 6.83. The van der Waals surface area contributed by atoms with Gasteiger partial charge in [0, 0.05) is 40.7 Å². The lowest BCUT2D eigenvalue weighted by Gasteiger charge is -2.11. The van der Waals surface area contributed by atoms with E-state index in [1.165, 1.54) is 12.3 Å². The molecule has 0 fully saturated rings. The largest absolute Gasteiger partial charge is 0.434 e. The van der Waals surface area contributed by atoms with Gasteiger partial charge in [0.15, 0.2) is 11.6 Å². The van der Waals surface area contributed by atoms with Gasteiger partial charge in [-0.2, -0.15) is 4.39 Å². The summed E-state index contributed by atoms with van der Waals surface area (Å²) >= 11 is 12.2. The molecular formula is C19H10Cl2F4N2O3S.